The predicted molar refractivity (Wildman–Crippen MR) is 64.0 cm³/mol. The fraction of sp³-hybridized carbons (Fsp3) is 0.923. The molecule has 0 aromatic carbocycles. The van der Waals surface area contributed by atoms with Crippen LogP contribution in [0.15, 0.2) is 0 Å². The van der Waals surface area contributed by atoms with Gasteiger partial charge in [0.2, 0.25) is 5.91 Å². The van der Waals surface area contributed by atoms with Gasteiger partial charge in [-0.1, -0.05) is 13.8 Å². The second-order valence-electron chi connectivity index (χ2n) is 6.40. The number of nitrogens with zero attached hydrogens (tertiary/aromatic N) is 1. The lowest BCUT2D eigenvalue weighted by molar-refractivity contribution is -0.136. The van der Waals surface area contributed by atoms with Gasteiger partial charge in [0.15, 0.2) is 0 Å². The summed E-state index contributed by atoms with van der Waals surface area (Å²) in [5, 5.41) is 10.2. The molecule has 3 aliphatic rings. The summed E-state index contributed by atoms with van der Waals surface area (Å²) in [5.41, 5.74) is 5.95. The molecule has 1 heterocycles. The Balaban J connectivity index is 1.80. The second kappa shape index (κ2) is 3.69. The van der Waals surface area contributed by atoms with Crippen LogP contribution in [-0.4, -0.2) is 40.6 Å². The molecular weight excluding hydrogens is 216 g/mol. The number of carbonyl (C=O) groups is 1. The Morgan fingerprint density at radius 3 is 2.65 bits per heavy atom. The van der Waals surface area contributed by atoms with Gasteiger partial charge in [-0.05, 0) is 36.5 Å². The standard InChI is InChI=1S/C13H22N2O2/c1-6(2)10(14)13(17)15-5-8-3-7-4-9(8)11(15)12(7)16/h6-12,16H,3-5,14H2,1-2H3. The Labute approximate surface area is 102 Å². The molecule has 3 N–H and O–H groups in total. The van der Waals surface area contributed by atoms with E-state index in [4.69, 9.17) is 5.73 Å². The minimum atomic E-state index is -0.418. The van der Waals surface area contributed by atoms with Crippen LogP contribution < -0.4 is 5.73 Å². The van der Waals surface area contributed by atoms with Crippen molar-refractivity contribution in [3.05, 3.63) is 0 Å². The molecule has 0 aromatic heterocycles. The lowest BCUT2D eigenvalue weighted by Gasteiger charge is -2.31. The summed E-state index contributed by atoms with van der Waals surface area (Å²) in [5.74, 6) is 1.80. The Morgan fingerprint density at radius 1 is 1.35 bits per heavy atom. The van der Waals surface area contributed by atoms with E-state index >= 15 is 0 Å². The molecular formula is C13H22N2O2. The number of fused-ring (bicyclic) bond motifs is 1. The molecule has 6 atom stereocenters. The Morgan fingerprint density at radius 2 is 2.06 bits per heavy atom. The highest BCUT2D eigenvalue weighted by Gasteiger charge is 2.60. The number of amides is 1. The van der Waals surface area contributed by atoms with Gasteiger partial charge in [-0.3, -0.25) is 4.79 Å². The number of hydrogen-bond acceptors (Lipinski definition) is 3. The van der Waals surface area contributed by atoms with Crippen molar-refractivity contribution in [2.24, 2.45) is 29.4 Å². The van der Waals surface area contributed by atoms with Gasteiger partial charge in [0.05, 0.1) is 18.2 Å². The molecule has 17 heavy (non-hydrogen) atoms. The van der Waals surface area contributed by atoms with Crippen molar-refractivity contribution in [1.82, 2.24) is 4.90 Å². The zero-order valence-corrected chi connectivity index (χ0v) is 10.5. The van der Waals surface area contributed by atoms with Gasteiger partial charge in [-0.2, -0.15) is 0 Å². The first-order valence-corrected chi connectivity index (χ1v) is 6.74. The van der Waals surface area contributed by atoms with Gasteiger partial charge < -0.3 is 15.7 Å². The van der Waals surface area contributed by atoms with E-state index in [0.29, 0.717) is 17.8 Å². The maximum Gasteiger partial charge on any atom is 0.240 e. The van der Waals surface area contributed by atoms with Crippen molar-refractivity contribution in [3.8, 4) is 0 Å². The maximum atomic E-state index is 12.3. The quantitative estimate of drug-likeness (QED) is 0.722. The molecule has 96 valence electrons. The van der Waals surface area contributed by atoms with Crippen molar-refractivity contribution >= 4 is 5.91 Å². The molecule has 1 amide bonds. The highest BCUT2D eigenvalue weighted by Crippen LogP contribution is 2.54. The normalized spacial score (nSPS) is 44.8. The fourth-order valence-corrected chi connectivity index (χ4v) is 4.14. The summed E-state index contributed by atoms with van der Waals surface area (Å²) in [7, 11) is 0. The third-order valence-electron chi connectivity index (χ3n) is 5.14. The lowest BCUT2D eigenvalue weighted by atomic mass is 9.88. The van der Waals surface area contributed by atoms with Gasteiger partial charge in [0.25, 0.3) is 0 Å². The van der Waals surface area contributed by atoms with E-state index in [1.165, 1.54) is 0 Å². The van der Waals surface area contributed by atoms with E-state index in [9.17, 15) is 9.90 Å². The molecule has 2 bridgehead atoms. The van der Waals surface area contributed by atoms with Gasteiger partial charge >= 0.3 is 0 Å². The molecule has 4 heteroatoms. The van der Waals surface area contributed by atoms with E-state index in [-0.39, 0.29) is 24.0 Å². The zero-order chi connectivity index (χ0) is 12.3. The first-order valence-electron chi connectivity index (χ1n) is 6.74. The van der Waals surface area contributed by atoms with Gasteiger partial charge in [0, 0.05) is 6.54 Å². The van der Waals surface area contributed by atoms with Gasteiger partial charge in [0.1, 0.15) is 0 Å². The van der Waals surface area contributed by atoms with Crippen molar-refractivity contribution in [1.29, 1.82) is 0 Å². The predicted octanol–water partition coefficient (Wildman–Crippen LogP) is 0.197. The number of hydrogen-bond donors (Lipinski definition) is 2. The topological polar surface area (TPSA) is 66.6 Å². The summed E-state index contributed by atoms with van der Waals surface area (Å²) in [4.78, 5) is 14.2. The van der Waals surface area contributed by atoms with Crippen molar-refractivity contribution in [2.75, 3.05) is 6.54 Å². The zero-order valence-electron chi connectivity index (χ0n) is 10.5. The van der Waals surface area contributed by atoms with Crippen LogP contribution in [0.25, 0.3) is 0 Å². The molecule has 1 aliphatic heterocycles. The number of aliphatic hydroxyl groups is 1. The smallest absolute Gasteiger partial charge is 0.240 e. The molecule has 2 saturated carbocycles. The Kier molecular flexibility index (Phi) is 2.49. The number of nitrogens with two attached hydrogens (primary N) is 1. The minimum Gasteiger partial charge on any atom is -0.391 e. The van der Waals surface area contributed by atoms with Crippen LogP contribution in [0.4, 0.5) is 0 Å². The molecule has 0 aromatic rings. The summed E-state index contributed by atoms with van der Waals surface area (Å²) >= 11 is 0. The summed E-state index contributed by atoms with van der Waals surface area (Å²) in [6, 6.07) is -0.352. The first kappa shape index (κ1) is 11.5. The number of aliphatic hydroxyl groups excluding tert-OH is 1. The summed E-state index contributed by atoms with van der Waals surface area (Å²) in [6.45, 7) is 4.77. The molecule has 3 rings (SSSR count). The molecule has 3 fully saturated rings. The first-order chi connectivity index (χ1) is 8.00. The van der Waals surface area contributed by atoms with Gasteiger partial charge in [-0.25, -0.2) is 0 Å². The molecule has 0 spiro atoms. The Hall–Kier alpha value is -0.610. The summed E-state index contributed by atoms with van der Waals surface area (Å²) in [6.07, 6.45) is 1.90. The van der Waals surface area contributed by atoms with Crippen LogP contribution in [0.1, 0.15) is 26.7 Å². The minimum absolute atomic E-state index is 0.0408. The van der Waals surface area contributed by atoms with E-state index in [1.54, 1.807) is 0 Å². The van der Waals surface area contributed by atoms with Crippen LogP contribution >= 0.6 is 0 Å². The molecule has 6 unspecified atom stereocenters. The van der Waals surface area contributed by atoms with Crippen LogP contribution in [-0.2, 0) is 4.79 Å². The number of likely N-dealkylation sites (tertiary alicyclic amines) is 1. The third-order valence-corrected chi connectivity index (χ3v) is 5.14. The van der Waals surface area contributed by atoms with Crippen molar-refractivity contribution in [3.63, 3.8) is 0 Å². The van der Waals surface area contributed by atoms with E-state index in [0.717, 1.165) is 19.4 Å². The van der Waals surface area contributed by atoms with Gasteiger partial charge in [-0.15, -0.1) is 0 Å². The highest BCUT2D eigenvalue weighted by molar-refractivity contribution is 5.82. The van der Waals surface area contributed by atoms with Crippen molar-refractivity contribution in [2.45, 2.75) is 44.9 Å². The Bertz CT molecular complexity index is 342. The van der Waals surface area contributed by atoms with Crippen LogP contribution in [0.3, 0.4) is 0 Å². The van der Waals surface area contributed by atoms with E-state index in [1.807, 2.05) is 18.7 Å². The second-order valence-corrected chi connectivity index (χ2v) is 6.40. The molecule has 2 aliphatic carbocycles. The van der Waals surface area contributed by atoms with E-state index < -0.39 is 6.04 Å². The highest BCUT2D eigenvalue weighted by atomic mass is 16.3. The van der Waals surface area contributed by atoms with Crippen LogP contribution in [0.2, 0.25) is 0 Å². The van der Waals surface area contributed by atoms with E-state index in [2.05, 4.69) is 0 Å². The lowest BCUT2D eigenvalue weighted by Crippen LogP contribution is -2.51. The third kappa shape index (κ3) is 1.47. The molecule has 4 nitrogen and oxygen atoms in total. The monoisotopic (exact) mass is 238 g/mol. The molecule has 1 saturated heterocycles. The number of rotatable bonds is 2. The molecule has 0 radical (unpaired) electrons. The van der Waals surface area contributed by atoms with Crippen molar-refractivity contribution < 1.29 is 9.90 Å². The largest absolute Gasteiger partial charge is 0.391 e. The summed E-state index contributed by atoms with van der Waals surface area (Å²) < 4.78 is 0. The fourth-order valence-electron chi connectivity index (χ4n) is 4.14. The maximum absolute atomic E-state index is 12.3. The van der Waals surface area contributed by atoms with Crippen LogP contribution in [0.5, 0.6) is 0 Å². The average molecular weight is 238 g/mol. The SMILES string of the molecule is CC(C)C(N)C(=O)N1CC2CC3CC2C1C3O. The average Bonchev–Trinajstić information content (AvgIpc) is 2.87. The van der Waals surface area contributed by atoms with Crippen LogP contribution in [0, 0.1) is 23.7 Å². The number of carbonyl (C=O) groups excluding carboxylic acids is 1.